The summed E-state index contributed by atoms with van der Waals surface area (Å²) in [5, 5.41) is 0. The number of benzene rings is 1. The molecule has 0 radical (unpaired) electrons. The quantitative estimate of drug-likeness (QED) is 0.857. The Labute approximate surface area is 122 Å². The smallest absolute Gasteiger partial charge is 0.229 e. The first kappa shape index (κ1) is 13.5. The number of nitrogens with zero attached hydrogens (tertiary/aromatic N) is 2. The number of amides is 1. The topological polar surface area (TPSA) is 41.9 Å². The van der Waals surface area contributed by atoms with E-state index in [2.05, 4.69) is 4.99 Å². The van der Waals surface area contributed by atoms with Gasteiger partial charge in [0.05, 0.1) is 5.56 Å². The van der Waals surface area contributed by atoms with Crippen molar-refractivity contribution in [2.24, 2.45) is 4.99 Å². The van der Waals surface area contributed by atoms with Crippen molar-refractivity contribution < 1.29 is 13.9 Å². The highest BCUT2D eigenvalue weighted by Gasteiger charge is 2.35. The van der Waals surface area contributed by atoms with Gasteiger partial charge in [0.1, 0.15) is 11.5 Å². The highest BCUT2D eigenvalue weighted by molar-refractivity contribution is 5.97. The normalized spacial score (nSPS) is 19.7. The van der Waals surface area contributed by atoms with Crippen LogP contribution in [0.4, 0.5) is 4.39 Å². The molecule has 2 aliphatic heterocycles. The molecule has 1 unspecified atom stereocenters. The van der Waals surface area contributed by atoms with Crippen LogP contribution in [-0.4, -0.2) is 22.9 Å². The van der Waals surface area contributed by atoms with E-state index in [1.165, 1.54) is 11.0 Å². The van der Waals surface area contributed by atoms with Crippen molar-refractivity contribution in [3.8, 4) is 0 Å². The maximum atomic E-state index is 13.8. The molecule has 1 amide bonds. The Balaban J connectivity index is 1.87. The van der Waals surface area contributed by atoms with Crippen molar-refractivity contribution in [2.45, 2.75) is 26.0 Å². The standard InChI is InChI=1S/C16H15FN2O2/c1-2-6-14(20)19-10-5-9-13-16(19)21-15(18-13)11-7-3-4-8-12(11)17/h3-5,7-10,16H,2,6H2,1H3. The molecule has 1 aromatic rings. The van der Waals surface area contributed by atoms with Crippen molar-refractivity contribution in [1.29, 1.82) is 0 Å². The summed E-state index contributed by atoms with van der Waals surface area (Å²) in [4.78, 5) is 17.9. The van der Waals surface area contributed by atoms with Crippen LogP contribution in [-0.2, 0) is 9.53 Å². The molecule has 1 aromatic carbocycles. The number of fused-ring (bicyclic) bond motifs is 1. The molecule has 4 nitrogen and oxygen atoms in total. The van der Waals surface area contributed by atoms with Crippen LogP contribution in [0.3, 0.4) is 0 Å². The maximum absolute atomic E-state index is 13.8. The van der Waals surface area contributed by atoms with Gasteiger partial charge in [-0.25, -0.2) is 9.38 Å². The van der Waals surface area contributed by atoms with Crippen LogP contribution < -0.4 is 0 Å². The van der Waals surface area contributed by atoms with Gasteiger partial charge in [-0.3, -0.25) is 9.69 Å². The fourth-order valence-electron chi connectivity index (χ4n) is 2.31. The number of ether oxygens (including phenoxy) is 1. The second-order valence-corrected chi connectivity index (χ2v) is 4.85. The molecule has 108 valence electrons. The summed E-state index contributed by atoms with van der Waals surface area (Å²) in [5.41, 5.74) is 0.913. The van der Waals surface area contributed by atoms with E-state index in [-0.39, 0.29) is 11.8 Å². The average Bonchev–Trinajstić information content (AvgIpc) is 2.91. The molecule has 0 bridgehead atoms. The van der Waals surface area contributed by atoms with Gasteiger partial charge in [-0.2, -0.15) is 0 Å². The first-order chi connectivity index (χ1) is 10.2. The number of aliphatic imine (C=N–C) groups is 1. The molecule has 2 aliphatic rings. The van der Waals surface area contributed by atoms with E-state index in [1.54, 1.807) is 36.6 Å². The molecule has 0 aromatic heterocycles. The number of hydrogen-bond acceptors (Lipinski definition) is 3. The Morgan fingerprint density at radius 1 is 1.43 bits per heavy atom. The predicted molar refractivity (Wildman–Crippen MR) is 76.8 cm³/mol. The minimum absolute atomic E-state index is 0.0330. The summed E-state index contributed by atoms with van der Waals surface area (Å²) in [7, 11) is 0. The van der Waals surface area contributed by atoms with Crippen LogP contribution in [0, 0.1) is 5.82 Å². The van der Waals surface area contributed by atoms with Gasteiger partial charge in [0.2, 0.25) is 18.0 Å². The zero-order valence-corrected chi connectivity index (χ0v) is 11.6. The van der Waals surface area contributed by atoms with Crippen molar-refractivity contribution in [3.05, 3.63) is 59.7 Å². The molecule has 21 heavy (non-hydrogen) atoms. The van der Waals surface area contributed by atoms with Crippen molar-refractivity contribution in [3.63, 3.8) is 0 Å². The van der Waals surface area contributed by atoms with Gasteiger partial charge < -0.3 is 4.74 Å². The second kappa shape index (κ2) is 5.52. The van der Waals surface area contributed by atoms with Crippen LogP contribution in [0.1, 0.15) is 25.3 Å². The lowest BCUT2D eigenvalue weighted by molar-refractivity contribution is -0.133. The number of carbonyl (C=O) groups excluding carboxylic acids is 1. The minimum Gasteiger partial charge on any atom is -0.446 e. The lowest BCUT2D eigenvalue weighted by Gasteiger charge is -2.27. The van der Waals surface area contributed by atoms with Crippen LogP contribution in [0.2, 0.25) is 0 Å². The molecule has 3 rings (SSSR count). The number of allylic oxidation sites excluding steroid dienone is 2. The third-order valence-corrected chi connectivity index (χ3v) is 3.33. The molecule has 1 atom stereocenters. The molecule has 2 heterocycles. The second-order valence-electron chi connectivity index (χ2n) is 4.85. The molecule has 0 aliphatic carbocycles. The zero-order valence-electron chi connectivity index (χ0n) is 11.6. The summed E-state index contributed by atoms with van der Waals surface area (Å²) in [6, 6.07) is 6.30. The lowest BCUT2D eigenvalue weighted by Crippen LogP contribution is -2.38. The van der Waals surface area contributed by atoms with Gasteiger partial charge >= 0.3 is 0 Å². The number of rotatable bonds is 3. The lowest BCUT2D eigenvalue weighted by atomic mass is 10.2. The monoisotopic (exact) mass is 286 g/mol. The molecule has 0 N–H and O–H groups in total. The summed E-state index contributed by atoms with van der Waals surface area (Å²) < 4.78 is 19.5. The van der Waals surface area contributed by atoms with Gasteiger partial charge in [-0.15, -0.1) is 0 Å². The molecular formula is C16H15FN2O2. The van der Waals surface area contributed by atoms with Gasteiger partial charge in [0, 0.05) is 12.6 Å². The molecule has 0 saturated heterocycles. The first-order valence-corrected chi connectivity index (χ1v) is 6.90. The Hall–Kier alpha value is -2.43. The van der Waals surface area contributed by atoms with Crippen LogP contribution in [0.15, 0.2) is 53.3 Å². The van der Waals surface area contributed by atoms with E-state index >= 15 is 0 Å². The predicted octanol–water partition coefficient (Wildman–Crippen LogP) is 2.97. The summed E-state index contributed by atoms with van der Waals surface area (Å²) in [5.74, 6) is -0.216. The van der Waals surface area contributed by atoms with Crippen molar-refractivity contribution >= 4 is 11.8 Å². The van der Waals surface area contributed by atoms with Crippen molar-refractivity contribution in [1.82, 2.24) is 4.90 Å². The summed E-state index contributed by atoms with van der Waals surface area (Å²) in [6.45, 7) is 1.94. The van der Waals surface area contributed by atoms with E-state index in [0.717, 1.165) is 6.42 Å². The van der Waals surface area contributed by atoms with E-state index in [4.69, 9.17) is 4.74 Å². The summed E-state index contributed by atoms with van der Waals surface area (Å²) >= 11 is 0. The maximum Gasteiger partial charge on any atom is 0.229 e. The van der Waals surface area contributed by atoms with E-state index in [9.17, 15) is 9.18 Å². The molecule has 5 heteroatoms. The fourth-order valence-corrected chi connectivity index (χ4v) is 2.31. The Morgan fingerprint density at radius 3 is 3.00 bits per heavy atom. The van der Waals surface area contributed by atoms with Crippen molar-refractivity contribution in [2.75, 3.05) is 0 Å². The Morgan fingerprint density at radius 2 is 2.24 bits per heavy atom. The third kappa shape index (κ3) is 2.46. The van der Waals surface area contributed by atoms with Gasteiger partial charge in [-0.1, -0.05) is 19.1 Å². The molecular weight excluding hydrogens is 271 g/mol. The number of halogens is 1. The van der Waals surface area contributed by atoms with E-state index in [0.29, 0.717) is 17.7 Å². The largest absolute Gasteiger partial charge is 0.446 e. The molecule has 0 saturated carbocycles. The minimum atomic E-state index is -0.594. The van der Waals surface area contributed by atoms with Crippen LogP contribution in [0.25, 0.3) is 0 Å². The van der Waals surface area contributed by atoms with E-state index < -0.39 is 12.0 Å². The van der Waals surface area contributed by atoms with Gasteiger partial charge in [0.15, 0.2) is 0 Å². The van der Waals surface area contributed by atoms with Crippen LogP contribution >= 0.6 is 0 Å². The zero-order chi connectivity index (χ0) is 14.8. The first-order valence-electron chi connectivity index (χ1n) is 6.90. The van der Waals surface area contributed by atoms with E-state index in [1.807, 2.05) is 6.92 Å². The number of carbonyl (C=O) groups is 1. The Kier molecular flexibility index (Phi) is 3.56. The average molecular weight is 286 g/mol. The van der Waals surface area contributed by atoms with Crippen LogP contribution in [0.5, 0.6) is 0 Å². The highest BCUT2D eigenvalue weighted by atomic mass is 19.1. The third-order valence-electron chi connectivity index (χ3n) is 3.33. The SMILES string of the molecule is CCCC(=O)N1C=CC=C2N=C(c3ccccc3F)OC21. The fraction of sp³-hybridized carbons (Fsp3) is 0.250. The highest BCUT2D eigenvalue weighted by Crippen LogP contribution is 2.28. The molecule has 0 fully saturated rings. The molecule has 0 spiro atoms. The van der Waals surface area contributed by atoms with Gasteiger partial charge in [0.25, 0.3) is 0 Å². The summed E-state index contributed by atoms with van der Waals surface area (Å²) in [6.07, 6.45) is 5.79. The number of hydrogen-bond donors (Lipinski definition) is 0. The van der Waals surface area contributed by atoms with Gasteiger partial charge in [-0.05, 0) is 30.7 Å². The Bertz CT molecular complexity index is 664.